The van der Waals surface area contributed by atoms with Gasteiger partial charge in [0.2, 0.25) is 0 Å². The molecular weight excluding hydrogens is 467 g/mol. The van der Waals surface area contributed by atoms with Crippen LogP contribution < -0.4 is 15.4 Å². The number of hydrogen-bond acceptors (Lipinski definition) is 6. The van der Waals surface area contributed by atoms with Crippen LogP contribution in [0, 0.1) is 11.3 Å². The summed E-state index contributed by atoms with van der Waals surface area (Å²) in [6.07, 6.45) is -1.15. The Kier molecular flexibility index (Phi) is 5.48. The van der Waals surface area contributed by atoms with Crippen LogP contribution in [0.5, 0.6) is 5.75 Å². The number of nitrogens with zero attached hydrogens (tertiary/aromatic N) is 3. The van der Waals surface area contributed by atoms with Gasteiger partial charge in [-0.05, 0) is 30.9 Å². The van der Waals surface area contributed by atoms with Gasteiger partial charge < -0.3 is 15.4 Å². The van der Waals surface area contributed by atoms with Crippen molar-refractivity contribution in [1.29, 1.82) is 5.26 Å². The minimum atomic E-state index is -4.57. The number of carbonyl (C=O) groups is 1. The highest BCUT2D eigenvalue weighted by atomic mass is 32.1. The first-order valence-electron chi connectivity index (χ1n) is 10.7. The molecule has 1 aliphatic carbocycles. The van der Waals surface area contributed by atoms with Gasteiger partial charge in [-0.25, -0.2) is 4.68 Å². The fourth-order valence-corrected chi connectivity index (χ4v) is 5.90. The molecule has 1 amide bonds. The minimum Gasteiger partial charge on any atom is -0.496 e. The van der Waals surface area contributed by atoms with Crippen LogP contribution in [0.15, 0.2) is 30.5 Å². The highest BCUT2D eigenvalue weighted by Crippen LogP contribution is 2.46. The summed E-state index contributed by atoms with van der Waals surface area (Å²) < 4.78 is 48.1. The van der Waals surface area contributed by atoms with Crippen LogP contribution in [0.2, 0.25) is 0 Å². The van der Waals surface area contributed by atoms with Crippen molar-refractivity contribution in [2.45, 2.75) is 43.9 Å². The number of rotatable bonds is 4. The number of nitrogens with one attached hydrogen (secondary N) is 2. The average molecular weight is 488 g/mol. The lowest BCUT2D eigenvalue weighted by Gasteiger charge is -2.34. The van der Waals surface area contributed by atoms with Crippen molar-refractivity contribution in [3.05, 3.63) is 57.6 Å². The third-order valence-electron chi connectivity index (χ3n) is 6.26. The van der Waals surface area contributed by atoms with Gasteiger partial charge in [0.15, 0.2) is 6.04 Å². The Balaban J connectivity index is 1.51. The molecule has 3 heterocycles. The van der Waals surface area contributed by atoms with Crippen LogP contribution in [-0.4, -0.2) is 29.0 Å². The van der Waals surface area contributed by atoms with E-state index in [1.54, 1.807) is 24.3 Å². The second-order valence-corrected chi connectivity index (χ2v) is 9.32. The molecule has 0 radical (unpaired) electrons. The molecule has 0 unspecified atom stereocenters. The number of thiophene rings is 1. The molecular formula is C23H20F3N5O2S. The number of methoxy groups -OCH3 is 1. The van der Waals surface area contributed by atoms with E-state index in [1.807, 2.05) is 0 Å². The first kappa shape index (κ1) is 22.3. The molecule has 34 heavy (non-hydrogen) atoms. The molecule has 2 atom stereocenters. The largest absolute Gasteiger partial charge is 0.496 e. The van der Waals surface area contributed by atoms with Gasteiger partial charge >= 0.3 is 6.18 Å². The van der Waals surface area contributed by atoms with Gasteiger partial charge in [0, 0.05) is 16.9 Å². The number of anilines is 2. The lowest BCUT2D eigenvalue weighted by Crippen LogP contribution is -2.36. The minimum absolute atomic E-state index is 0.0219. The number of aryl methyl sites for hydroxylation is 1. The third-order valence-corrected chi connectivity index (χ3v) is 7.46. The highest BCUT2D eigenvalue weighted by molar-refractivity contribution is 7.16. The molecule has 5 rings (SSSR count). The van der Waals surface area contributed by atoms with Gasteiger partial charge in [0.05, 0.1) is 24.9 Å². The van der Waals surface area contributed by atoms with Crippen molar-refractivity contribution in [3.63, 3.8) is 0 Å². The maximum absolute atomic E-state index is 14.0. The number of nitriles is 1. The van der Waals surface area contributed by atoms with Gasteiger partial charge in [-0.2, -0.15) is 23.5 Å². The van der Waals surface area contributed by atoms with E-state index in [9.17, 15) is 23.2 Å². The molecule has 1 aliphatic heterocycles. The Hall–Kier alpha value is -3.52. The van der Waals surface area contributed by atoms with Crippen LogP contribution in [0.25, 0.3) is 0 Å². The SMILES string of the molecule is COc1ccccc1[C@@H]1C[C@H](C(F)(F)F)n2ncc(C(=O)Nc3sc4c(c3C#N)CCC4)c2N1. The number of alkyl halides is 3. The van der Waals surface area contributed by atoms with E-state index in [4.69, 9.17) is 4.74 Å². The summed E-state index contributed by atoms with van der Waals surface area (Å²) in [5.74, 6) is -0.192. The van der Waals surface area contributed by atoms with Crippen LogP contribution in [0.1, 0.15) is 56.9 Å². The van der Waals surface area contributed by atoms with Gasteiger partial charge in [-0.3, -0.25) is 4.79 Å². The zero-order valence-electron chi connectivity index (χ0n) is 18.1. The van der Waals surface area contributed by atoms with Crippen molar-refractivity contribution in [2.75, 3.05) is 17.7 Å². The Morgan fingerprint density at radius 2 is 2.15 bits per heavy atom. The average Bonchev–Trinajstić information content (AvgIpc) is 3.52. The topological polar surface area (TPSA) is 92.0 Å². The highest BCUT2D eigenvalue weighted by Gasteiger charge is 2.47. The number of para-hydroxylation sites is 1. The van der Waals surface area contributed by atoms with E-state index in [2.05, 4.69) is 21.8 Å². The number of hydrogen-bond donors (Lipinski definition) is 2. The Morgan fingerprint density at radius 3 is 2.88 bits per heavy atom. The predicted molar refractivity (Wildman–Crippen MR) is 120 cm³/mol. The monoisotopic (exact) mass is 487 g/mol. The summed E-state index contributed by atoms with van der Waals surface area (Å²) >= 11 is 1.34. The van der Waals surface area contributed by atoms with Crippen molar-refractivity contribution < 1.29 is 22.7 Å². The van der Waals surface area contributed by atoms with E-state index in [1.165, 1.54) is 18.4 Å². The van der Waals surface area contributed by atoms with E-state index in [0.29, 0.717) is 21.9 Å². The number of aromatic nitrogens is 2. The normalized spacial score (nSPS) is 19.0. The van der Waals surface area contributed by atoms with Crippen LogP contribution >= 0.6 is 11.3 Å². The molecule has 0 fully saturated rings. The summed E-state index contributed by atoms with van der Waals surface area (Å²) in [4.78, 5) is 14.2. The van der Waals surface area contributed by atoms with Gasteiger partial charge in [-0.1, -0.05) is 18.2 Å². The maximum atomic E-state index is 14.0. The Labute approximate surface area is 197 Å². The molecule has 2 aromatic heterocycles. The number of amides is 1. The predicted octanol–water partition coefficient (Wildman–Crippen LogP) is 5.23. The summed E-state index contributed by atoms with van der Waals surface area (Å²) in [5, 5.41) is 19.7. The van der Waals surface area contributed by atoms with E-state index < -0.39 is 24.2 Å². The fraction of sp³-hybridized carbons (Fsp3) is 0.348. The first-order chi connectivity index (χ1) is 16.3. The smallest absolute Gasteiger partial charge is 0.410 e. The molecule has 1 aromatic carbocycles. The van der Waals surface area contributed by atoms with Gasteiger partial charge in [0.25, 0.3) is 5.91 Å². The summed E-state index contributed by atoms with van der Waals surface area (Å²) in [7, 11) is 1.46. The first-order valence-corrected chi connectivity index (χ1v) is 11.5. The molecule has 2 N–H and O–H groups in total. The Morgan fingerprint density at radius 1 is 1.35 bits per heavy atom. The number of fused-ring (bicyclic) bond motifs is 2. The lowest BCUT2D eigenvalue weighted by atomic mass is 9.95. The zero-order valence-corrected chi connectivity index (χ0v) is 18.9. The van der Waals surface area contributed by atoms with Gasteiger partial charge in [-0.15, -0.1) is 11.3 Å². The molecule has 0 spiro atoms. The van der Waals surface area contributed by atoms with Gasteiger partial charge in [0.1, 0.15) is 28.2 Å². The summed E-state index contributed by atoms with van der Waals surface area (Å²) in [6, 6.07) is 6.32. The van der Waals surface area contributed by atoms with Crippen LogP contribution in [-0.2, 0) is 12.8 Å². The molecule has 176 valence electrons. The number of halogens is 3. The molecule has 0 saturated heterocycles. The number of benzene rings is 1. The zero-order chi connectivity index (χ0) is 24.0. The summed E-state index contributed by atoms with van der Waals surface area (Å²) in [5.41, 5.74) is 1.91. The van der Waals surface area contributed by atoms with E-state index in [-0.39, 0.29) is 17.8 Å². The third kappa shape index (κ3) is 3.68. The Bertz CT molecular complexity index is 1310. The van der Waals surface area contributed by atoms with E-state index >= 15 is 0 Å². The van der Waals surface area contributed by atoms with Crippen LogP contribution in [0.4, 0.5) is 24.0 Å². The molecule has 7 nitrogen and oxygen atoms in total. The number of ether oxygens (including phenoxy) is 1. The van der Waals surface area contributed by atoms with Crippen molar-refractivity contribution in [3.8, 4) is 11.8 Å². The quantitative estimate of drug-likeness (QED) is 0.526. The van der Waals surface area contributed by atoms with Crippen molar-refractivity contribution in [2.24, 2.45) is 0 Å². The van der Waals surface area contributed by atoms with Crippen molar-refractivity contribution in [1.82, 2.24) is 9.78 Å². The second kappa shape index (κ2) is 8.36. The van der Waals surface area contributed by atoms with E-state index in [0.717, 1.165) is 40.6 Å². The second-order valence-electron chi connectivity index (χ2n) is 8.21. The summed E-state index contributed by atoms with van der Waals surface area (Å²) in [6.45, 7) is 0. The fourth-order valence-electron chi connectivity index (χ4n) is 4.67. The molecule has 0 saturated carbocycles. The molecule has 0 bridgehead atoms. The molecule has 2 aliphatic rings. The van der Waals surface area contributed by atoms with Crippen LogP contribution in [0.3, 0.4) is 0 Å². The molecule has 11 heteroatoms. The lowest BCUT2D eigenvalue weighted by molar-refractivity contribution is -0.173. The van der Waals surface area contributed by atoms with Crippen molar-refractivity contribution >= 4 is 28.1 Å². The maximum Gasteiger partial charge on any atom is 0.410 e. The number of carbonyl (C=O) groups excluding carboxylic acids is 1. The molecule has 3 aromatic rings. The standard InChI is InChI=1S/C23H20F3N5O2S/c1-33-17-7-3-2-5-13(17)16-9-19(23(24,25)26)31-20(29-16)15(11-28-31)21(32)30-22-14(10-27)12-6-4-8-18(12)34-22/h2-3,5,7,11,16,19,29H,4,6,8-9H2,1H3,(H,30,32)/t16-,19+/m0/s1.